The molecule has 0 saturated heterocycles. The maximum absolute atomic E-state index is 12.2. The maximum Gasteiger partial charge on any atom is 0.263 e. The van der Waals surface area contributed by atoms with Crippen LogP contribution in [-0.2, 0) is 7.05 Å². The second kappa shape index (κ2) is 6.82. The lowest BCUT2D eigenvalue weighted by Gasteiger charge is -2.17. The van der Waals surface area contributed by atoms with Crippen molar-refractivity contribution in [2.75, 3.05) is 6.61 Å². The summed E-state index contributed by atoms with van der Waals surface area (Å²) >= 11 is 1.32. The van der Waals surface area contributed by atoms with Crippen molar-refractivity contribution in [3.63, 3.8) is 0 Å². The molecule has 1 amide bonds. The smallest absolute Gasteiger partial charge is 0.263 e. The molecule has 1 atom stereocenters. The number of hydrogen-bond donors (Lipinski definition) is 2. The molecule has 2 rings (SSSR count). The summed E-state index contributed by atoms with van der Waals surface area (Å²) in [6.45, 7) is 4.06. The van der Waals surface area contributed by atoms with Gasteiger partial charge in [0.25, 0.3) is 5.91 Å². The molecule has 2 aromatic rings. The fourth-order valence-electron chi connectivity index (χ4n) is 2.05. The highest BCUT2D eigenvalue weighted by molar-refractivity contribution is 7.16. The average molecular weight is 308 g/mol. The highest BCUT2D eigenvalue weighted by Crippen LogP contribution is 2.24. The number of nitrogens with zero attached hydrogens (tertiary/aromatic N) is 3. The van der Waals surface area contributed by atoms with Crippen LogP contribution in [0.1, 0.15) is 29.9 Å². The Hall–Kier alpha value is -1.73. The van der Waals surface area contributed by atoms with Gasteiger partial charge in [-0.2, -0.15) is 5.10 Å². The first kappa shape index (κ1) is 15.7. The molecule has 2 N–H and O–H groups in total. The second-order valence-electron chi connectivity index (χ2n) is 5.41. The monoisotopic (exact) mass is 308 g/mol. The Morgan fingerprint density at radius 3 is 2.81 bits per heavy atom. The van der Waals surface area contributed by atoms with E-state index in [9.17, 15) is 9.90 Å². The Balaban J connectivity index is 2.05. The number of hydrogen-bond acceptors (Lipinski definition) is 5. The van der Waals surface area contributed by atoms with Gasteiger partial charge in [-0.1, -0.05) is 13.8 Å². The largest absolute Gasteiger partial charge is 0.394 e. The lowest BCUT2D eigenvalue weighted by Crippen LogP contribution is -2.38. The van der Waals surface area contributed by atoms with Gasteiger partial charge in [0, 0.05) is 18.8 Å². The van der Waals surface area contributed by atoms with Crippen LogP contribution in [0.15, 0.2) is 18.6 Å². The molecule has 0 bridgehead atoms. The Bertz CT molecular complexity index is 606. The van der Waals surface area contributed by atoms with E-state index in [4.69, 9.17) is 0 Å². The molecule has 6 nitrogen and oxygen atoms in total. The Morgan fingerprint density at radius 1 is 1.48 bits per heavy atom. The summed E-state index contributed by atoms with van der Waals surface area (Å²) in [5, 5.41) is 17.0. The van der Waals surface area contributed by atoms with Crippen LogP contribution in [0.4, 0.5) is 0 Å². The lowest BCUT2D eigenvalue weighted by molar-refractivity contribution is 0.0912. The summed E-state index contributed by atoms with van der Waals surface area (Å²) in [5.41, 5.74) is 0.891. The number of nitrogens with one attached hydrogen (secondary N) is 1. The lowest BCUT2D eigenvalue weighted by atomic mass is 10.0. The minimum Gasteiger partial charge on any atom is -0.394 e. The highest BCUT2D eigenvalue weighted by Gasteiger charge is 2.17. The van der Waals surface area contributed by atoms with E-state index < -0.39 is 0 Å². The molecule has 0 aliphatic rings. The maximum atomic E-state index is 12.2. The average Bonchev–Trinajstić information content (AvgIpc) is 3.05. The molecule has 2 heterocycles. The van der Waals surface area contributed by atoms with Crippen molar-refractivity contribution in [1.82, 2.24) is 20.1 Å². The van der Waals surface area contributed by atoms with E-state index in [1.165, 1.54) is 11.3 Å². The van der Waals surface area contributed by atoms with Crippen molar-refractivity contribution < 1.29 is 9.90 Å². The van der Waals surface area contributed by atoms with E-state index in [1.807, 2.05) is 13.2 Å². The van der Waals surface area contributed by atoms with Gasteiger partial charge in [-0.15, -0.1) is 11.3 Å². The zero-order valence-corrected chi connectivity index (χ0v) is 13.2. The number of carbonyl (C=O) groups is 1. The summed E-state index contributed by atoms with van der Waals surface area (Å²) in [6, 6.07) is -0.221. The molecular formula is C14H20N4O2S. The zero-order chi connectivity index (χ0) is 15.4. The molecule has 21 heavy (non-hydrogen) atoms. The van der Waals surface area contributed by atoms with Gasteiger partial charge < -0.3 is 10.4 Å². The number of aromatic nitrogens is 3. The minimum absolute atomic E-state index is 0.0574. The predicted octanol–water partition coefficient (Wildman–Crippen LogP) is 1.68. The van der Waals surface area contributed by atoms with E-state index in [2.05, 4.69) is 29.2 Å². The summed E-state index contributed by atoms with van der Waals surface area (Å²) in [6.07, 6.45) is 5.88. The summed E-state index contributed by atoms with van der Waals surface area (Å²) in [7, 11) is 1.84. The summed E-state index contributed by atoms with van der Waals surface area (Å²) in [5.74, 6) is 0.220. The molecule has 0 fully saturated rings. The molecule has 0 aromatic carbocycles. The van der Waals surface area contributed by atoms with Crippen LogP contribution >= 0.6 is 11.3 Å². The molecule has 1 unspecified atom stereocenters. The third-order valence-corrected chi connectivity index (χ3v) is 4.04. The molecule has 114 valence electrons. The van der Waals surface area contributed by atoms with E-state index in [-0.39, 0.29) is 18.6 Å². The van der Waals surface area contributed by atoms with E-state index >= 15 is 0 Å². The third-order valence-electron chi connectivity index (χ3n) is 2.99. The number of amides is 1. The molecule has 0 spiro atoms. The van der Waals surface area contributed by atoms with Crippen LogP contribution in [0.5, 0.6) is 0 Å². The Kier molecular flexibility index (Phi) is 5.08. The molecule has 2 aromatic heterocycles. The first-order valence-corrected chi connectivity index (χ1v) is 7.67. The normalized spacial score (nSPS) is 12.6. The fraction of sp³-hybridized carbons (Fsp3) is 0.500. The van der Waals surface area contributed by atoms with Crippen molar-refractivity contribution in [3.05, 3.63) is 23.5 Å². The highest BCUT2D eigenvalue weighted by atomic mass is 32.1. The summed E-state index contributed by atoms with van der Waals surface area (Å²) < 4.78 is 1.70. The Morgan fingerprint density at radius 2 is 2.24 bits per heavy atom. The topological polar surface area (TPSA) is 80.0 Å². The molecule has 0 aliphatic carbocycles. The van der Waals surface area contributed by atoms with Crippen molar-refractivity contribution in [2.45, 2.75) is 26.3 Å². The van der Waals surface area contributed by atoms with Gasteiger partial charge in [-0.3, -0.25) is 9.48 Å². The van der Waals surface area contributed by atoms with E-state index in [0.717, 1.165) is 17.0 Å². The SMILES string of the molecule is CC(C)CC(CO)NC(=O)c1cnc(-c2cnn(C)c2)s1. The quantitative estimate of drug-likeness (QED) is 0.851. The van der Waals surface area contributed by atoms with E-state index in [1.54, 1.807) is 17.1 Å². The predicted molar refractivity (Wildman–Crippen MR) is 82.1 cm³/mol. The van der Waals surface area contributed by atoms with Crippen molar-refractivity contribution >= 4 is 17.2 Å². The number of aliphatic hydroxyl groups excluding tert-OH is 1. The van der Waals surface area contributed by atoms with Crippen molar-refractivity contribution in [3.8, 4) is 10.6 Å². The zero-order valence-electron chi connectivity index (χ0n) is 12.4. The van der Waals surface area contributed by atoms with Gasteiger partial charge in [0.1, 0.15) is 9.88 Å². The first-order chi connectivity index (χ1) is 9.99. The standard InChI is InChI=1S/C14H20N4O2S/c1-9(2)4-11(8-19)17-13(20)12-6-15-14(21-12)10-5-16-18(3)7-10/h5-7,9,11,19H,4,8H2,1-3H3,(H,17,20). The number of aliphatic hydroxyl groups is 1. The summed E-state index contributed by atoms with van der Waals surface area (Å²) in [4.78, 5) is 17.0. The van der Waals surface area contributed by atoms with Gasteiger partial charge in [0.15, 0.2) is 0 Å². The van der Waals surface area contributed by atoms with Gasteiger partial charge in [-0.05, 0) is 12.3 Å². The van der Waals surface area contributed by atoms with Crippen LogP contribution in [0.25, 0.3) is 10.6 Å². The van der Waals surface area contributed by atoms with Crippen LogP contribution in [0, 0.1) is 5.92 Å². The third kappa shape index (κ3) is 4.12. The molecule has 0 aliphatic heterocycles. The first-order valence-electron chi connectivity index (χ1n) is 6.86. The van der Waals surface area contributed by atoms with Crippen LogP contribution in [0.2, 0.25) is 0 Å². The van der Waals surface area contributed by atoms with Gasteiger partial charge in [-0.25, -0.2) is 4.98 Å². The van der Waals surface area contributed by atoms with Crippen LogP contribution in [-0.4, -0.2) is 38.4 Å². The van der Waals surface area contributed by atoms with Crippen LogP contribution in [0.3, 0.4) is 0 Å². The molecule has 0 saturated carbocycles. The van der Waals surface area contributed by atoms with E-state index in [0.29, 0.717) is 10.8 Å². The fourth-order valence-corrected chi connectivity index (χ4v) is 2.84. The number of aryl methyl sites for hydroxylation is 1. The van der Waals surface area contributed by atoms with Crippen molar-refractivity contribution in [1.29, 1.82) is 0 Å². The Labute approximate surface area is 127 Å². The molecule has 0 radical (unpaired) electrons. The second-order valence-corrected chi connectivity index (χ2v) is 6.45. The van der Waals surface area contributed by atoms with Gasteiger partial charge in [0.2, 0.25) is 0 Å². The number of carbonyl (C=O) groups excluding carboxylic acids is 1. The number of thiazole rings is 1. The van der Waals surface area contributed by atoms with Crippen LogP contribution < -0.4 is 5.32 Å². The molecule has 7 heteroatoms. The minimum atomic E-state index is -0.221. The van der Waals surface area contributed by atoms with Crippen molar-refractivity contribution in [2.24, 2.45) is 13.0 Å². The van der Waals surface area contributed by atoms with Gasteiger partial charge in [0.05, 0.1) is 25.0 Å². The molecular weight excluding hydrogens is 288 g/mol. The van der Waals surface area contributed by atoms with Gasteiger partial charge >= 0.3 is 0 Å². The number of rotatable bonds is 6.